The molecule has 1 atom stereocenters. The Balaban J connectivity index is 1.81. The van der Waals surface area contributed by atoms with Crippen molar-refractivity contribution in [3.63, 3.8) is 0 Å². The Labute approximate surface area is 176 Å². The van der Waals surface area contributed by atoms with E-state index in [2.05, 4.69) is 12.2 Å². The molecule has 0 saturated carbocycles. The number of carbonyl (C=O) groups is 1. The van der Waals surface area contributed by atoms with E-state index in [9.17, 15) is 9.90 Å². The van der Waals surface area contributed by atoms with Gasteiger partial charge in [0.15, 0.2) is 0 Å². The molecule has 0 aliphatic rings. The normalized spacial score (nSPS) is 11.7. The second kappa shape index (κ2) is 10.1. The van der Waals surface area contributed by atoms with Crippen molar-refractivity contribution in [2.75, 3.05) is 11.9 Å². The van der Waals surface area contributed by atoms with E-state index >= 15 is 0 Å². The molecular formula is C24H24ClNO3. The highest BCUT2D eigenvalue weighted by molar-refractivity contribution is 6.30. The minimum atomic E-state index is -0.908. The van der Waals surface area contributed by atoms with Crippen LogP contribution in [0.2, 0.25) is 5.02 Å². The number of halogens is 1. The zero-order valence-electron chi connectivity index (χ0n) is 16.3. The molecule has 0 spiro atoms. The molecule has 5 heteroatoms. The van der Waals surface area contributed by atoms with Gasteiger partial charge in [0.1, 0.15) is 11.9 Å². The van der Waals surface area contributed by atoms with Crippen LogP contribution in [-0.4, -0.2) is 17.6 Å². The van der Waals surface area contributed by atoms with Gasteiger partial charge in [-0.05, 0) is 48.4 Å². The van der Waals surface area contributed by atoms with Crippen LogP contribution in [-0.2, 0) is 0 Å². The Morgan fingerprint density at radius 1 is 1.07 bits per heavy atom. The Hall–Kier alpha value is -2.82. The molecule has 0 aromatic heterocycles. The van der Waals surface area contributed by atoms with Gasteiger partial charge in [-0.3, -0.25) is 4.79 Å². The first-order valence-electron chi connectivity index (χ1n) is 9.65. The van der Waals surface area contributed by atoms with Gasteiger partial charge in [-0.25, -0.2) is 0 Å². The lowest BCUT2D eigenvalue weighted by Gasteiger charge is -2.17. The fraction of sp³-hybridized carbons (Fsp3) is 0.208. The lowest BCUT2D eigenvalue weighted by atomic mass is 9.99. The smallest absolute Gasteiger partial charge is 0.255 e. The van der Waals surface area contributed by atoms with E-state index in [1.54, 1.807) is 36.4 Å². The van der Waals surface area contributed by atoms with E-state index in [1.807, 2.05) is 36.4 Å². The van der Waals surface area contributed by atoms with Crippen LogP contribution in [0.5, 0.6) is 5.75 Å². The van der Waals surface area contributed by atoms with Gasteiger partial charge in [-0.2, -0.15) is 0 Å². The number of amides is 1. The molecule has 0 radical (unpaired) electrons. The van der Waals surface area contributed by atoms with Crippen molar-refractivity contribution in [3.05, 3.63) is 94.5 Å². The van der Waals surface area contributed by atoms with Crippen LogP contribution < -0.4 is 10.1 Å². The standard InChI is InChI=1S/C24H24ClNO3/c1-2-3-14-29-20-11-7-10-18(15-20)24(28)26-22-13-12-19(25)16-21(22)23(27)17-8-5-4-6-9-17/h4-13,15-16,23,27H,2-3,14H2,1H3,(H,26,28). The Bertz CT molecular complexity index is 959. The van der Waals surface area contributed by atoms with Gasteiger partial charge in [-0.1, -0.05) is 61.3 Å². The predicted octanol–water partition coefficient (Wildman–Crippen LogP) is 5.85. The van der Waals surface area contributed by atoms with E-state index in [0.717, 1.165) is 18.4 Å². The number of unbranched alkanes of at least 4 members (excludes halogenated alkanes) is 1. The third-order valence-electron chi connectivity index (χ3n) is 4.53. The fourth-order valence-corrected chi connectivity index (χ4v) is 3.13. The van der Waals surface area contributed by atoms with E-state index < -0.39 is 6.10 Å². The zero-order chi connectivity index (χ0) is 20.6. The van der Waals surface area contributed by atoms with Gasteiger partial charge in [-0.15, -0.1) is 0 Å². The summed E-state index contributed by atoms with van der Waals surface area (Å²) in [6, 6.07) is 21.4. The quantitative estimate of drug-likeness (QED) is 0.458. The number of anilines is 1. The summed E-state index contributed by atoms with van der Waals surface area (Å²) >= 11 is 6.14. The molecule has 29 heavy (non-hydrogen) atoms. The Morgan fingerprint density at radius 3 is 2.62 bits per heavy atom. The lowest BCUT2D eigenvalue weighted by molar-refractivity contribution is 0.102. The van der Waals surface area contributed by atoms with E-state index in [0.29, 0.717) is 34.2 Å². The number of aliphatic hydroxyl groups is 1. The first-order valence-corrected chi connectivity index (χ1v) is 10.0. The van der Waals surface area contributed by atoms with Crippen LogP contribution in [0.1, 0.15) is 47.4 Å². The summed E-state index contributed by atoms with van der Waals surface area (Å²) in [5, 5.41) is 14.2. The fourth-order valence-electron chi connectivity index (χ4n) is 2.94. The average molecular weight is 410 g/mol. The third kappa shape index (κ3) is 5.59. The van der Waals surface area contributed by atoms with Gasteiger partial charge in [0.2, 0.25) is 0 Å². The SMILES string of the molecule is CCCCOc1cccc(C(=O)Nc2ccc(Cl)cc2C(O)c2ccccc2)c1. The zero-order valence-corrected chi connectivity index (χ0v) is 17.0. The largest absolute Gasteiger partial charge is 0.494 e. The van der Waals surface area contributed by atoms with Crippen molar-refractivity contribution in [1.82, 2.24) is 0 Å². The second-order valence-electron chi connectivity index (χ2n) is 6.73. The summed E-state index contributed by atoms with van der Waals surface area (Å²) in [4.78, 5) is 12.8. The average Bonchev–Trinajstić information content (AvgIpc) is 2.75. The maximum Gasteiger partial charge on any atom is 0.255 e. The van der Waals surface area contributed by atoms with Crippen molar-refractivity contribution in [2.45, 2.75) is 25.9 Å². The lowest BCUT2D eigenvalue weighted by Crippen LogP contribution is -2.15. The van der Waals surface area contributed by atoms with Crippen molar-refractivity contribution >= 4 is 23.2 Å². The van der Waals surface area contributed by atoms with Crippen molar-refractivity contribution in [2.24, 2.45) is 0 Å². The summed E-state index contributed by atoms with van der Waals surface area (Å²) in [5.74, 6) is 0.376. The molecule has 0 bridgehead atoms. The molecule has 1 unspecified atom stereocenters. The molecule has 2 N–H and O–H groups in total. The molecule has 3 aromatic rings. The van der Waals surface area contributed by atoms with E-state index in [1.165, 1.54) is 0 Å². The summed E-state index contributed by atoms with van der Waals surface area (Å²) < 4.78 is 5.69. The first kappa shape index (κ1) is 20.9. The molecule has 1 amide bonds. The maximum absolute atomic E-state index is 12.8. The molecule has 0 saturated heterocycles. The van der Waals surface area contributed by atoms with E-state index in [-0.39, 0.29) is 5.91 Å². The topological polar surface area (TPSA) is 58.6 Å². The Kier molecular flexibility index (Phi) is 7.28. The summed E-state index contributed by atoms with van der Waals surface area (Å²) in [6.45, 7) is 2.72. The number of carbonyl (C=O) groups excluding carboxylic acids is 1. The summed E-state index contributed by atoms with van der Waals surface area (Å²) in [6.07, 6.45) is 1.10. The van der Waals surface area contributed by atoms with Crippen LogP contribution >= 0.6 is 11.6 Å². The van der Waals surface area contributed by atoms with Crippen LogP contribution in [0.4, 0.5) is 5.69 Å². The number of ether oxygens (including phenoxy) is 1. The molecule has 0 aliphatic heterocycles. The number of benzene rings is 3. The highest BCUT2D eigenvalue weighted by Gasteiger charge is 2.17. The highest BCUT2D eigenvalue weighted by Crippen LogP contribution is 2.31. The monoisotopic (exact) mass is 409 g/mol. The minimum absolute atomic E-state index is 0.283. The van der Waals surface area contributed by atoms with Crippen molar-refractivity contribution in [3.8, 4) is 5.75 Å². The molecule has 0 heterocycles. The molecule has 150 valence electrons. The number of rotatable bonds is 8. The van der Waals surface area contributed by atoms with Gasteiger partial charge in [0.05, 0.1) is 6.61 Å². The van der Waals surface area contributed by atoms with Crippen LogP contribution in [0.3, 0.4) is 0 Å². The number of hydrogen-bond acceptors (Lipinski definition) is 3. The highest BCUT2D eigenvalue weighted by atomic mass is 35.5. The number of nitrogens with one attached hydrogen (secondary N) is 1. The third-order valence-corrected chi connectivity index (χ3v) is 4.77. The second-order valence-corrected chi connectivity index (χ2v) is 7.17. The molecule has 3 aromatic carbocycles. The van der Waals surface area contributed by atoms with Crippen LogP contribution in [0.25, 0.3) is 0 Å². The van der Waals surface area contributed by atoms with Gasteiger partial charge in [0, 0.05) is 21.8 Å². The molecule has 0 aliphatic carbocycles. The predicted molar refractivity (Wildman–Crippen MR) is 117 cm³/mol. The van der Waals surface area contributed by atoms with Gasteiger partial charge >= 0.3 is 0 Å². The molecule has 0 fully saturated rings. The van der Waals surface area contributed by atoms with Gasteiger partial charge < -0.3 is 15.2 Å². The Morgan fingerprint density at radius 2 is 1.86 bits per heavy atom. The van der Waals surface area contributed by atoms with Crippen molar-refractivity contribution < 1.29 is 14.6 Å². The maximum atomic E-state index is 12.8. The van der Waals surface area contributed by atoms with Crippen LogP contribution in [0, 0.1) is 0 Å². The van der Waals surface area contributed by atoms with Gasteiger partial charge in [0.25, 0.3) is 5.91 Å². The molecular weight excluding hydrogens is 386 g/mol. The summed E-state index contributed by atoms with van der Waals surface area (Å²) in [7, 11) is 0. The first-order chi connectivity index (χ1) is 14.1. The summed E-state index contributed by atoms with van der Waals surface area (Å²) in [5.41, 5.74) is 2.24. The van der Waals surface area contributed by atoms with Crippen LogP contribution in [0.15, 0.2) is 72.8 Å². The minimum Gasteiger partial charge on any atom is -0.494 e. The molecule has 4 nitrogen and oxygen atoms in total. The number of aliphatic hydroxyl groups excluding tert-OH is 1. The number of hydrogen-bond donors (Lipinski definition) is 2. The van der Waals surface area contributed by atoms with E-state index in [4.69, 9.17) is 16.3 Å². The molecule has 3 rings (SSSR count). The van der Waals surface area contributed by atoms with Crippen molar-refractivity contribution in [1.29, 1.82) is 0 Å².